The molecule has 1 N–H and O–H groups in total. The van der Waals surface area contributed by atoms with E-state index in [-0.39, 0.29) is 25.0 Å². The summed E-state index contributed by atoms with van der Waals surface area (Å²) in [5.41, 5.74) is 2.07. The van der Waals surface area contributed by atoms with Gasteiger partial charge in [0.05, 0.1) is 5.75 Å². The molecule has 1 aromatic carbocycles. The Morgan fingerprint density at radius 1 is 1.26 bits per heavy atom. The molecule has 2 rings (SSSR count). The lowest BCUT2D eigenvalue weighted by Gasteiger charge is -2.33. The Bertz CT molecular complexity index is 639. The van der Waals surface area contributed by atoms with Crippen molar-refractivity contribution in [1.82, 2.24) is 9.80 Å². The lowest BCUT2D eigenvalue weighted by molar-refractivity contribution is 0.0729. The molecule has 1 aliphatic heterocycles. The number of benzene rings is 1. The van der Waals surface area contributed by atoms with Crippen molar-refractivity contribution >= 4 is 16.2 Å². The quantitative estimate of drug-likeness (QED) is 0.808. The molecule has 0 aliphatic carbocycles. The Labute approximate surface area is 136 Å². The van der Waals surface area contributed by atoms with Crippen molar-refractivity contribution in [3.63, 3.8) is 0 Å². The summed E-state index contributed by atoms with van der Waals surface area (Å²) in [5, 5.41) is 0. The second-order valence-electron chi connectivity index (χ2n) is 5.66. The molecule has 1 aliphatic rings. The number of hydrogen-bond acceptors (Lipinski definition) is 5. The van der Waals surface area contributed by atoms with Crippen LogP contribution in [0, 0.1) is 6.92 Å². The number of hydrogen-bond donors (Lipinski definition) is 1. The maximum absolute atomic E-state index is 12.0. The number of piperazine rings is 1. The van der Waals surface area contributed by atoms with E-state index in [0.29, 0.717) is 26.2 Å². The summed E-state index contributed by atoms with van der Waals surface area (Å²) in [7, 11) is -3.94. The lowest BCUT2D eigenvalue weighted by atomic mass is 10.1. The van der Waals surface area contributed by atoms with E-state index in [1.54, 1.807) is 4.90 Å². The first-order chi connectivity index (χ1) is 10.8. The third kappa shape index (κ3) is 6.17. The molecule has 1 aromatic rings. The molecule has 0 bridgehead atoms. The van der Waals surface area contributed by atoms with Gasteiger partial charge in [0, 0.05) is 32.7 Å². The van der Waals surface area contributed by atoms with Gasteiger partial charge in [0.25, 0.3) is 10.1 Å². The first-order valence-electron chi connectivity index (χ1n) is 7.48. The lowest BCUT2D eigenvalue weighted by Crippen LogP contribution is -2.49. The summed E-state index contributed by atoms with van der Waals surface area (Å²) < 4.78 is 35.5. The summed E-state index contributed by atoms with van der Waals surface area (Å²) in [5.74, 6) is -0.287. The summed E-state index contributed by atoms with van der Waals surface area (Å²) in [6.07, 6.45) is -0.360. The van der Waals surface area contributed by atoms with E-state index < -0.39 is 10.1 Å². The fourth-order valence-corrected chi connectivity index (χ4v) is 2.93. The summed E-state index contributed by atoms with van der Waals surface area (Å²) in [6.45, 7) is 4.59. The molecule has 0 radical (unpaired) electrons. The standard InChI is InChI=1S/C15H22N2O5S/c1-13-3-2-4-14(11-13)12-22-15(18)17-7-5-16(6-8-17)9-10-23(19,20)21/h2-4,11H,5-10,12H2,1H3,(H,19,20,21). The molecule has 1 fully saturated rings. The fourth-order valence-electron chi connectivity index (χ4n) is 2.44. The van der Waals surface area contributed by atoms with Crippen LogP contribution < -0.4 is 0 Å². The molecule has 1 heterocycles. The van der Waals surface area contributed by atoms with Crippen LogP contribution in [0.25, 0.3) is 0 Å². The van der Waals surface area contributed by atoms with E-state index in [4.69, 9.17) is 9.29 Å². The van der Waals surface area contributed by atoms with Crippen molar-refractivity contribution in [3.05, 3.63) is 35.4 Å². The zero-order valence-corrected chi connectivity index (χ0v) is 14.0. The van der Waals surface area contributed by atoms with Gasteiger partial charge in [-0.3, -0.25) is 9.45 Å². The molecule has 0 unspecified atom stereocenters. The smallest absolute Gasteiger partial charge is 0.410 e. The minimum Gasteiger partial charge on any atom is -0.445 e. The molecule has 8 heteroatoms. The predicted octanol–water partition coefficient (Wildman–Crippen LogP) is 1.14. The maximum atomic E-state index is 12.0. The van der Waals surface area contributed by atoms with Crippen LogP contribution in [-0.2, 0) is 21.5 Å². The van der Waals surface area contributed by atoms with Crippen LogP contribution in [0.2, 0.25) is 0 Å². The Morgan fingerprint density at radius 3 is 2.57 bits per heavy atom. The molecule has 0 saturated carbocycles. The van der Waals surface area contributed by atoms with E-state index in [1.165, 1.54) is 0 Å². The average molecular weight is 342 g/mol. The first-order valence-corrected chi connectivity index (χ1v) is 9.09. The Balaban J connectivity index is 1.73. The SMILES string of the molecule is Cc1cccc(COC(=O)N2CCN(CCS(=O)(=O)O)CC2)c1. The van der Waals surface area contributed by atoms with Crippen molar-refractivity contribution in [3.8, 4) is 0 Å². The fraction of sp³-hybridized carbons (Fsp3) is 0.533. The second kappa shape index (κ2) is 7.76. The average Bonchev–Trinajstić information content (AvgIpc) is 2.50. The molecule has 7 nitrogen and oxygen atoms in total. The minimum atomic E-state index is -3.94. The van der Waals surface area contributed by atoms with Gasteiger partial charge in [-0.25, -0.2) is 4.79 Å². The van der Waals surface area contributed by atoms with Gasteiger partial charge < -0.3 is 9.64 Å². The minimum absolute atomic E-state index is 0.240. The van der Waals surface area contributed by atoms with E-state index in [2.05, 4.69) is 0 Å². The van der Waals surface area contributed by atoms with Crippen molar-refractivity contribution in [2.24, 2.45) is 0 Å². The van der Waals surface area contributed by atoms with E-state index >= 15 is 0 Å². The summed E-state index contributed by atoms with van der Waals surface area (Å²) in [4.78, 5) is 15.5. The number of rotatable bonds is 5. The van der Waals surface area contributed by atoms with Gasteiger partial charge in [0.15, 0.2) is 0 Å². The van der Waals surface area contributed by atoms with E-state index in [9.17, 15) is 13.2 Å². The van der Waals surface area contributed by atoms with Gasteiger partial charge in [0.2, 0.25) is 0 Å². The first kappa shape index (κ1) is 17.7. The largest absolute Gasteiger partial charge is 0.445 e. The van der Waals surface area contributed by atoms with Gasteiger partial charge in [-0.15, -0.1) is 0 Å². The summed E-state index contributed by atoms with van der Waals surface area (Å²) in [6, 6.07) is 7.79. The molecular weight excluding hydrogens is 320 g/mol. The number of aryl methyl sites for hydroxylation is 1. The third-order valence-electron chi connectivity index (χ3n) is 3.74. The number of carbonyl (C=O) groups excluding carboxylic acids is 1. The van der Waals surface area contributed by atoms with Gasteiger partial charge in [0.1, 0.15) is 6.61 Å². The molecule has 0 aromatic heterocycles. The highest BCUT2D eigenvalue weighted by Crippen LogP contribution is 2.08. The monoisotopic (exact) mass is 342 g/mol. The van der Waals surface area contributed by atoms with E-state index in [0.717, 1.165) is 11.1 Å². The van der Waals surface area contributed by atoms with Crippen LogP contribution in [0.15, 0.2) is 24.3 Å². The maximum Gasteiger partial charge on any atom is 0.410 e. The summed E-state index contributed by atoms with van der Waals surface area (Å²) >= 11 is 0. The molecule has 1 saturated heterocycles. The normalized spacial score (nSPS) is 16.3. The van der Waals surface area contributed by atoms with Crippen molar-refractivity contribution in [2.45, 2.75) is 13.5 Å². The molecule has 23 heavy (non-hydrogen) atoms. The zero-order chi connectivity index (χ0) is 16.9. The van der Waals surface area contributed by atoms with Gasteiger partial charge in [-0.05, 0) is 12.5 Å². The van der Waals surface area contributed by atoms with Gasteiger partial charge >= 0.3 is 6.09 Å². The number of nitrogens with zero attached hydrogens (tertiary/aromatic N) is 2. The zero-order valence-electron chi connectivity index (χ0n) is 13.1. The highest BCUT2D eigenvalue weighted by molar-refractivity contribution is 7.85. The topological polar surface area (TPSA) is 87.2 Å². The van der Waals surface area contributed by atoms with Crippen molar-refractivity contribution in [1.29, 1.82) is 0 Å². The molecule has 0 atom stereocenters. The highest BCUT2D eigenvalue weighted by atomic mass is 32.2. The highest BCUT2D eigenvalue weighted by Gasteiger charge is 2.22. The predicted molar refractivity (Wildman–Crippen MR) is 85.8 cm³/mol. The number of ether oxygens (including phenoxy) is 1. The van der Waals surface area contributed by atoms with Crippen molar-refractivity contribution < 1.29 is 22.5 Å². The van der Waals surface area contributed by atoms with Gasteiger partial charge in [-0.1, -0.05) is 29.8 Å². The van der Waals surface area contributed by atoms with Crippen LogP contribution in [0.1, 0.15) is 11.1 Å². The van der Waals surface area contributed by atoms with Crippen molar-refractivity contribution in [2.75, 3.05) is 38.5 Å². The Morgan fingerprint density at radius 2 is 1.96 bits per heavy atom. The van der Waals surface area contributed by atoms with Crippen LogP contribution in [0.5, 0.6) is 0 Å². The Kier molecular flexibility index (Phi) is 5.97. The molecule has 1 amide bonds. The van der Waals surface area contributed by atoms with Gasteiger partial charge in [-0.2, -0.15) is 8.42 Å². The van der Waals surface area contributed by atoms with Crippen LogP contribution in [-0.4, -0.2) is 67.3 Å². The van der Waals surface area contributed by atoms with Crippen LogP contribution in [0.3, 0.4) is 0 Å². The van der Waals surface area contributed by atoms with E-state index in [1.807, 2.05) is 36.1 Å². The Hall–Kier alpha value is -1.64. The molecule has 128 valence electrons. The van der Waals surface area contributed by atoms with Crippen LogP contribution in [0.4, 0.5) is 4.79 Å². The number of carbonyl (C=O) groups is 1. The molecule has 0 spiro atoms. The second-order valence-corrected chi connectivity index (χ2v) is 7.23. The van der Waals surface area contributed by atoms with Crippen LogP contribution >= 0.6 is 0 Å². The third-order valence-corrected chi connectivity index (χ3v) is 4.44. The number of amides is 1. The molecular formula is C15H22N2O5S.